The monoisotopic (exact) mass is 300 g/mol. The van der Waals surface area contributed by atoms with Crippen LogP contribution in [0.3, 0.4) is 0 Å². The highest BCUT2D eigenvalue weighted by Gasteiger charge is 2.36. The third kappa shape index (κ3) is 3.93. The molecule has 6 heteroatoms. The van der Waals surface area contributed by atoms with Gasteiger partial charge in [0.05, 0.1) is 5.54 Å². The molecule has 1 atom stereocenters. The molecule has 3 N–H and O–H groups in total. The molecular formula is C14H18F2N2OS. The minimum Gasteiger partial charge on any atom is -0.368 e. The topological polar surface area (TPSA) is 55.1 Å². The van der Waals surface area contributed by atoms with Crippen LogP contribution in [0.25, 0.3) is 0 Å². The maximum atomic E-state index is 13.5. The Hall–Kier alpha value is -1.14. The van der Waals surface area contributed by atoms with Gasteiger partial charge in [0.15, 0.2) is 0 Å². The van der Waals surface area contributed by atoms with Crippen LogP contribution in [0.15, 0.2) is 23.1 Å². The van der Waals surface area contributed by atoms with Crippen LogP contribution in [0.1, 0.15) is 26.2 Å². The highest BCUT2D eigenvalue weighted by Crippen LogP contribution is 2.28. The molecule has 20 heavy (non-hydrogen) atoms. The molecule has 0 spiro atoms. The van der Waals surface area contributed by atoms with E-state index >= 15 is 0 Å². The van der Waals surface area contributed by atoms with E-state index in [0.717, 1.165) is 31.0 Å². The van der Waals surface area contributed by atoms with Crippen molar-refractivity contribution in [3.05, 3.63) is 29.8 Å². The number of rotatable bonds is 7. The van der Waals surface area contributed by atoms with E-state index in [9.17, 15) is 13.6 Å². The molecule has 110 valence electrons. The number of carbonyl (C=O) groups excluding carboxylic acids is 1. The zero-order valence-corrected chi connectivity index (χ0v) is 12.1. The predicted molar refractivity (Wildman–Crippen MR) is 75.5 cm³/mol. The van der Waals surface area contributed by atoms with Gasteiger partial charge < -0.3 is 11.1 Å². The number of hydrogen-bond donors (Lipinski definition) is 2. The molecule has 1 aromatic carbocycles. The summed E-state index contributed by atoms with van der Waals surface area (Å²) in [6.07, 6.45) is 2.57. The second kappa shape index (κ2) is 6.10. The third-order valence-corrected chi connectivity index (χ3v) is 4.43. The van der Waals surface area contributed by atoms with Crippen molar-refractivity contribution < 1.29 is 13.6 Å². The molecule has 0 aliphatic heterocycles. The molecular weight excluding hydrogens is 282 g/mol. The molecule has 1 aromatic rings. The Morgan fingerprint density at radius 3 is 2.80 bits per heavy atom. The first-order valence-corrected chi connectivity index (χ1v) is 7.55. The zero-order chi connectivity index (χ0) is 14.8. The van der Waals surface area contributed by atoms with Crippen LogP contribution in [0.4, 0.5) is 8.78 Å². The fourth-order valence-electron chi connectivity index (χ4n) is 1.90. The normalized spacial score (nSPS) is 17.8. The third-order valence-electron chi connectivity index (χ3n) is 3.40. The summed E-state index contributed by atoms with van der Waals surface area (Å²) in [6, 6.07) is 3.70. The quantitative estimate of drug-likeness (QED) is 0.761. The lowest BCUT2D eigenvalue weighted by molar-refractivity contribution is -0.124. The van der Waals surface area contributed by atoms with Gasteiger partial charge >= 0.3 is 0 Å². The van der Waals surface area contributed by atoms with E-state index in [0.29, 0.717) is 18.2 Å². The summed E-state index contributed by atoms with van der Waals surface area (Å²) in [5, 5.41) is 3.22. The molecule has 1 aliphatic carbocycles. The highest BCUT2D eigenvalue weighted by atomic mass is 32.2. The number of nitrogens with two attached hydrogens (primary N) is 1. The number of hydrogen-bond acceptors (Lipinski definition) is 3. The van der Waals surface area contributed by atoms with E-state index in [1.165, 1.54) is 11.8 Å². The van der Waals surface area contributed by atoms with Gasteiger partial charge in [0, 0.05) is 16.7 Å². The van der Waals surface area contributed by atoms with Gasteiger partial charge in [0.25, 0.3) is 0 Å². The fourth-order valence-corrected chi connectivity index (χ4v) is 3.03. The summed E-state index contributed by atoms with van der Waals surface area (Å²) in [4.78, 5) is 11.8. The Balaban J connectivity index is 1.92. The summed E-state index contributed by atoms with van der Waals surface area (Å²) in [5.74, 6) is -0.848. The molecule has 0 heterocycles. The van der Waals surface area contributed by atoms with E-state index in [1.54, 1.807) is 6.92 Å². The number of primary amides is 1. The molecule has 0 bridgehead atoms. The van der Waals surface area contributed by atoms with Crippen molar-refractivity contribution in [3.8, 4) is 0 Å². The summed E-state index contributed by atoms with van der Waals surface area (Å²) in [6.45, 7) is 1.76. The van der Waals surface area contributed by atoms with Crippen LogP contribution >= 0.6 is 11.8 Å². The predicted octanol–water partition coefficient (Wildman–Crippen LogP) is 2.44. The summed E-state index contributed by atoms with van der Waals surface area (Å²) in [5.41, 5.74) is 4.64. The van der Waals surface area contributed by atoms with Gasteiger partial charge in [0.2, 0.25) is 5.91 Å². The second-order valence-electron chi connectivity index (χ2n) is 5.29. The van der Waals surface area contributed by atoms with Crippen LogP contribution in [-0.4, -0.2) is 23.2 Å². The number of nitrogens with one attached hydrogen (secondary N) is 1. The van der Waals surface area contributed by atoms with E-state index in [1.807, 2.05) is 0 Å². The van der Waals surface area contributed by atoms with Gasteiger partial charge in [-0.3, -0.25) is 4.79 Å². The number of benzene rings is 1. The molecule has 0 radical (unpaired) electrons. The Morgan fingerprint density at radius 1 is 1.50 bits per heavy atom. The molecule has 1 aliphatic rings. The summed E-state index contributed by atoms with van der Waals surface area (Å²) >= 11 is 1.19. The number of halogens is 2. The number of carbonyl (C=O) groups is 1. The van der Waals surface area contributed by atoms with Crippen molar-refractivity contribution in [1.82, 2.24) is 5.32 Å². The van der Waals surface area contributed by atoms with Crippen LogP contribution in [0.2, 0.25) is 0 Å². The van der Waals surface area contributed by atoms with Crippen molar-refractivity contribution in [1.29, 1.82) is 0 Å². The number of amides is 1. The molecule has 1 saturated carbocycles. The molecule has 1 fully saturated rings. The lowest BCUT2D eigenvalue weighted by Crippen LogP contribution is -2.54. The second-order valence-corrected chi connectivity index (χ2v) is 6.42. The van der Waals surface area contributed by atoms with E-state index in [2.05, 4.69) is 5.32 Å². The highest BCUT2D eigenvalue weighted by molar-refractivity contribution is 7.99. The van der Waals surface area contributed by atoms with Crippen molar-refractivity contribution in [3.63, 3.8) is 0 Å². The minimum absolute atomic E-state index is 0.253. The van der Waals surface area contributed by atoms with E-state index in [4.69, 9.17) is 5.73 Å². The Morgan fingerprint density at radius 2 is 2.20 bits per heavy atom. The summed E-state index contributed by atoms with van der Waals surface area (Å²) < 4.78 is 26.5. The van der Waals surface area contributed by atoms with Crippen LogP contribution in [0, 0.1) is 11.6 Å². The Kier molecular flexibility index (Phi) is 4.65. The average molecular weight is 300 g/mol. The van der Waals surface area contributed by atoms with Gasteiger partial charge in [-0.05, 0) is 44.4 Å². The Labute approximate surface area is 121 Å². The molecule has 1 amide bonds. The summed E-state index contributed by atoms with van der Waals surface area (Å²) in [7, 11) is 0. The van der Waals surface area contributed by atoms with Crippen molar-refractivity contribution in [2.75, 3.05) is 5.75 Å². The van der Waals surface area contributed by atoms with Gasteiger partial charge in [-0.2, -0.15) is 0 Å². The lowest BCUT2D eigenvalue weighted by Gasteiger charge is -2.27. The van der Waals surface area contributed by atoms with Crippen LogP contribution in [-0.2, 0) is 4.79 Å². The first kappa shape index (κ1) is 15.3. The fraction of sp³-hybridized carbons (Fsp3) is 0.500. The molecule has 0 saturated heterocycles. The van der Waals surface area contributed by atoms with Crippen molar-refractivity contribution in [2.45, 2.75) is 42.7 Å². The van der Waals surface area contributed by atoms with E-state index < -0.39 is 23.1 Å². The van der Waals surface area contributed by atoms with Crippen molar-refractivity contribution in [2.24, 2.45) is 5.73 Å². The largest absolute Gasteiger partial charge is 0.368 e. The molecule has 3 nitrogen and oxygen atoms in total. The van der Waals surface area contributed by atoms with Gasteiger partial charge in [0.1, 0.15) is 11.6 Å². The van der Waals surface area contributed by atoms with Gasteiger partial charge in [-0.15, -0.1) is 11.8 Å². The van der Waals surface area contributed by atoms with Crippen molar-refractivity contribution >= 4 is 17.7 Å². The zero-order valence-electron chi connectivity index (χ0n) is 11.3. The smallest absolute Gasteiger partial charge is 0.237 e. The molecule has 1 unspecified atom stereocenters. The van der Waals surface area contributed by atoms with Gasteiger partial charge in [-0.1, -0.05) is 0 Å². The SMILES string of the molecule is CC(CCSc1cc(F)ccc1F)(NC1CC1)C(N)=O. The molecule has 0 aromatic heterocycles. The first-order valence-electron chi connectivity index (χ1n) is 6.56. The minimum atomic E-state index is -0.794. The first-order chi connectivity index (χ1) is 9.40. The van der Waals surface area contributed by atoms with Crippen LogP contribution in [0.5, 0.6) is 0 Å². The van der Waals surface area contributed by atoms with Gasteiger partial charge in [-0.25, -0.2) is 8.78 Å². The Bertz CT molecular complexity index is 508. The lowest BCUT2D eigenvalue weighted by atomic mass is 9.98. The maximum Gasteiger partial charge on any atom is 0.237 e. The average Bonchev–Trinajstić information content (AvgIpc) is 3.17. The number of thioether (sulfide) groups is 1. The standard InChI is InChI=1S/C14H18F2N2OS/c1-14(13(17)19,18-10-3-4-10)6-7-20-12-8-9(15)2-5-11(12)16/h2,5,8,10,18H,3-4,6-7H2,1H3,(H2,17,19). The van der Waals surface area contributed by atoms with E-state index in [-0.39, 0.29) is 4.90 Å². The van der Waals surface area contributed by atoms with Crippen LogP contribution < -0.4 is 11.1 Å². The molecule has 2 rings (SSSR count). The maximum absolute atomic E-state index is 13.5.